The molecule has 0 amide bonds. The minimum absolute atomic E-state index is 0.00535. The van der Waals surface area contributed by atoms with E-state index in [4.69, 9.17) is 18.9 Å². The molecule has 1 saturated heterocycles. The van der Waals surface area contributed by atoms with Crippen LogP contribution in [0.5, 0.6) is 5.75 Å². The highest BCUT2D eigenvalue weighted by Gasteiger charge is 2.36. The Balaban J connectivity index is 1.64. The van der Waals surface area contributed by atoms with E-state index in [1.165, 1.54) is 64.2 Å². The van der Waals surface area contributed by atoms with Crippen LogP contribution in [0.1, 0.15) is 89.5 Å². The number of ketones is 1. The van der Waals surface area contributed by atoms with Crippen molar-refractivity contribution in [2.24, 2.45) is 0 Å². The molecule has 1 fully saturated rings. The van der Waals surface area contributed by atoms with Gasteiger partial charge in [0.05, 0.1) is 13.7 Å². The van der Waals surface area contributed by atoms with E-state index in [0.29, 0.717) is 6.61 Å². The highest BCUT2D eigenvalue weighted by Crippen LogP contribution is 2.24. The Kier molecular flexibility index (Phi) is 13.3. The number of unbranched alkanes of at least 4 members (excludes halogenated alkanes) is 11. The minimum Gasteiger partial charge on any atom is -0.497 e. The van der Waals surface area contributed by atoms with Crippen molar-refractivity contribution in [2.75, 3.05) is 26.9 Å². The van der Waals surface area contributed by atoms with Crippen LogP contribution in [0.2, 0.25) is 0 Å². The molecule has 0 spiro atoms. The lowest BCUT2D eigenvalue weighted by atomic mass is 10.1. The lowest BCUT2D eigenvalue weighted by Gasteiger charge is -2.33. The van der Waals surface area contributed by atoms with Gasteiger partial charge in [-0.15, -0.1) is 0 Å². The summed E-state index contributed by atoms with van der Waals surface area (Å²) in [5.41, 5.74) is 0.975. The number of benzene rings is 1. The van der Waals surface area contributed by atoms with Crippen LogP contribution in [-0.4, -0.2) is 38.7 Å². The van der Waals surface area contributed by atoms with Crippen LogP contribution in [0.4, 0.5) is 0 Å². The van der Waals surface area contributed by atoms with Crippen LogP contribution in [-0.2, 0) is 19.0 Å². The topological polar surface area (TPSA) is 54.0 Å². The van der Waals surface area contributed by atoms with Gasteiger partial charge in [0.2, 0.25) is 0 Å². The van der Waals surface area contributed by atoms with E-state index in [9.17, 15) is 4.79 Å². The number of carbonyl (C=O) groups is 1. The first-order chi connectivity index (χ1) is 15.7. The van der Waals surface area contributed by atoms with Gasteiger partial charge in [0.15, 0.2) is 5.78 Å². The highest BCUT2D eigenvalue weighted by atomic mass is 16.9. The molecule has 1 aliphatic heterocycles. The summed E-state index contributed by atoms with van der Waals surface area (Å²) in [4.78, 5) is 11.5. The van der Waals surface area contributed by atoms with Crippen LogP contribution in [0, 0.1) is 0 Å². The number of hydrogen-bond donors (Lipinski definition) is 0. The SMILES string of the molecule is CCCCCCCCCCCCCCOC1(C=Cc2ccc(OC)cc2)OCC(=O)CO1. The molecule has 1 aromatic carbocycles. The van der Waals surface area contributed by atoms with Crippen LogP contribution >= 0.6 is 0 Å². The molecule has 0 saturated carbocycles. The number of rotatable bonds is 17. The molecule has 0 N–H and O–H groups in total. The molecular formula is C27H42O5. The zero-order valence-electron chi connectivity index (χ0n) is 20.1. The Morgan fingerprint density at radius 2 is 1.38 bits per heavy atom. The second kappa shape index (κ2) is 16.0. The number of hydrogen-bond acceptors (Lipinski definition) is 5. The third-order valence-corrected chi connectivity index (χ3v) is 5.77. The van der Waals surface area contributed by atoms with Gasteiger partial charge in [0.1, 0.15) is 19.0 Å². The standard InChI is InChI=1S/C27H42O5/c1-3-4-5-6-7-8-9-10-11-12-13-14-21-30-27(31-22-25(28)23-32-27)20-19-24-15-17-26(29-2)18-16-24/h15-20H,3-14,21-23H2,1-2H3. The highest BCUT2D eigenvalue weighted by molar-refractivity contribution is 5.81. The van der Waals surface area contributed by atoms with Crippen LogP contribution in [0.15, 0.2) is 30.3 Å². The Labute approximate surface area is 194 Å². The molecule has 1 aromatic rings. The Bertz CT molecular complexity index is 643. The van der Waals surface area contributed by atoms with Gasteiger partial charge in [-0.3, -0.25) is 4.79 Å². The first-order valence-electron chi connectivity index (χ1n) is 12.4. The third-order valence-electron chi connectivity index (χ3n) is 5.77. The quantitative estimate of drug-likeness (QED) is 0.249. The van der Waals surface area contributed by atoms with E-state index in [1.54, 1.807) is 13.2 Å². The van der Waals surface area contributed by atoms with Gasteiger partial charge in [-0.1, -0.05) is 95.8 Å². The van der Waals surface area contributed by atoms with Crippen molar-refractivity contribution in [3.63, 3.8) is 0 Å². The van der Waals surface area contributed by atoms with Gasteiger partial charge < -0.3 is 18.9 Å². The number of ether oxygens (including phenoxy) is 4. The van der Waals surface area contributed by atoms with E-state index in [-0.39, 0.29) is 19.0 Å². The van der Waals surface area contributed by atoms with Crippen molar-refractivity contribution in [1.29, 1.82) is 0 Å². The summed E-state index contributed by atoms with van der Waals surface area (Å²) in [6.45, 7) is 2.82. The van der Waals surface area contributed by atoms with Crippen LogP contribution in [0.25, 0.3) is 6.08 Å². The molecule has 0 aromatic heterocycles. The molecule has 2 rings (SSSR count). The Morgan fingerprint density at radius 1 is 0.844 bits per heavy atom. The average molecular weight is 447 g/mol. The summed E-state index contributed by atoms with van der Waals surface area (Å²) >= 11 is 0. The maximum Gasteiger partial charge on any atom is 0.305 e. The summed E-state index contributed by atoms with van der Waals surface area (Å²) in [6, 6.07) is 7.68. The molecule has 0 atom stereocenters. The lowest BCUT2D eigenvalue weighted by molar-refractivity contribution is -0.356. The summed E-state index contributed by atoms with van der Waals surface area (Å²) in [6.07, 6.45) is 19.2. The zero-order valence-corrected chi connectivity index (χ0v) is 20.1. The van der Waals surface area contributed by atoms with Gasteiger partial charge in [0.25, 0.3) is 0 Å². The predicted molar refractivity (Wildman–Crippen MR) is 129 cm³/mol. The normalized spacial score (nSPS) is 16.0. The van der Waals surface area contributed by atoms with E-state index in [0.717, 1.165) is 24.2 Å². The summed E-state index contributed by atoms with van der Waals surface area (Å²) < 4.78 is 22.5. The second-order valence-electron chi connectivity index (χ2n) is 8.56. The van der Waals surface area contributed by atoms with Crippen LogP contribution in [0.3, 0.4) is 0 Å². The predicted octanol–water partition coefficient (Wildman–Crippen LogP) is 6.70. The summed E-state index contributed by atoms with van der Waals surface area (Å²) in [5.74, 6) is -0.561. The van der Waals surface area contributed by atoms with Gasteiger partial charge in [-0.05, 0) is 24.1 Å². The molecule has 32 heavy (non-hydrogen) atoms. The molecule has 5 nitrogen and oxygen atoms in total. The van der Waals surface area contributed by atoms with Crippen molar-refractivity contribution in [3.8, 4) is 5.75 Å². The Morgan fingerprint density at radius 3 is 1.91 bits per heavy atom. The largest absolute Gasteiger partial charge is 0.497 e. The van der Waals surface area contributed by atoms with Gasteiger partial charge in [-0.25, -0.2) is 0 Å². The van der Waals surface area contributed by atoms with Gasteiger partial charge in [0, 0.05) is 6.08 Å². The number of Topliss-reactive ketones (excluding diaryl/α,β-unsaturated/α-hetero) is 1. The van der Waals surface area contributed by atoms with Gasteiger partial charge >= 0.3 is 5.97 Å². The number of carbonyl (C=O) groups excluding carboxylic acids is 1. The summed E-state index contributed by atoms with van der Waals surface area (Å²) in [5, 5.41) is 0. The molecule has 0 bridgehead atoms. The molecule has 0 unspecified atom stereocenters. The average Bonchev–Trinajstić information content (AvgIpc) is 2.83. The Hall–Kier alpha value is -1.69. The molecule has 180 valence electrons. The molecule has 1 heterocycles. The molecule has 1 aliphatic rings. The fourth-order valence-corrected chi connectivity index (χ4v) is 3.74. The first-order valence-corrected chi connectivity index (χ1v) is 12.4. The molecular weight excluding hydrogens is 404 g/mol. The fraction of sp³-hybridized carbons (Fsp3) is 0.667. The van der Waals surface area contributed by atoms with E-state index in [2.05, 4.69) is 6.92 Å². The van der Waals surface area contributed by atoms with Crippen molar-refractivity contribution in [1.82, 2.24) is 0 Å². The maximum atomic E-state index is 11.5. The van der Waals surface area contributed by atoms with Crippen LogP contribution < -0.4 is 4.74 Å². The summed E-state index contributed by atoms with van der Waals surface area (Å²) in [7, 11) is 1.64. The number of methoxy groups -OCH3 is 1. The first kappa shape index (κ1) is 26.6. The fourth-order valence-electron chi connectivity index (χ4n) is 3.74. The van der Waals surface area contributed by atoms with Gasteiger partial charge in [-0.2, -0.15) is 0 Å². The van der Waals surface area contributed by atoms with Crippen molar-refractivity contribution in [3.05, 3.63) is 35.9 Å². The zero-order chi connectivity index (χ0) is 22.9. The minimum atomic E-state index is -1.29. The molecule has 5 heteroatoms. The second-order valence-corrected chi connectivity index (χ2v) is 8.56. The van der Waals surface area contributed by atoms with Crippen molar-refractivity contribution >= 4 is 11.9 Å². The van der Waals surface area contributed by atoms with Crippen molar-refractivity contribution < 1.29 is 23.7 Å². The third kappa shape index (κ3) is 10.8. The monoisotopic (exact) mass is 446 g/mol. The molecule has 0 radical (unpaired) electrons. The lowest BCUT2D eigenvalue weighted by Crippen LogP contribution is -2.45. The van der Waals surface area contributed by atoms with E-state index in [1.807, 2.05) is 30.3 Å². The maximum absolute atomic E-state index is 11.5. The van der Waals surface area contributed by atoms with Crippen molar-refractivity contribution in [2.45, 2.75) is 89.9 Å². The van der Waals surface area contributed by atoms with E-state index >= 15 is 0 Å². The molecule has 0 aliphatic carbocycles. The van der Waals surface area contributed by atoms with E-state index < -0.39 is 5.97 Å². The smallest absolute Gasteiger partial charge is 0.305 e.